The minimum atomic E-state index is -4.58. The normalized spacial score (nSPS) is 11.1. The van der Waals surface area contributed by atoms with Crippen molar-refractivity contribution in [1.82, 2.24) is 0 Å². The van der Waals surface area contributed by atoms with Gasteiger partial charge in [-0.15, -0.1) is 0 Å². The Morgan fingerprint density at radius 2 is 1.08 bits per heavy atom. The fraction of sp³-hybridized carbons (Fsp3) is 0. The molecule has 0 saturated carbocycles. The molecule has 0 saturated heterocycles. The predicted octanol–water partition coefficient (Wildman–Crippen LogP) is 3.40. The molecule has 3 aromatic rings. The second-order valence-electron chi connectivity index (χ2n) is 5.54. The molecule has 3 rings (SSSR count). The SMILES string of the molecule is O=C(c1ccccc1)c1ccccc1C(=O)c1ccccc1S(=O)(=O)O. The van der Waals surface area contributed by atoms with Crippen LogP contribution in [-0.2, 0) is 10.1 Å². The van der Waals surface area contributed by atoms with Gasteiger partial charge in [0.25, 0.3) is 10.1 Å². The van der Waals surface area contributed by atoms with Crippen molar-refractivity contribution in [2.45, 2.75) is 4.90 Å². The molecule has 0 aliphatic heterocycles. The molecule has 0 aliphatic carbocycles. The maximum atomic E-state index is 12.9. The van der Waals surface area contributed by atoms with Crippen molar-refractivity contribution in [2.24, 2.45) is 0 Å². The van der Waals surface area contributed by atoms with Crippen LogP contribution in [0.15, 0.2) is 83.8 Å². The summed E-state index contributed by atoms with van der Waals surface area (Å²) in [6.45, 7) is 0. The van der Waals surface area contributed by atoms with E-state index in [9.17, 15) is 22.6 Å². The smallest absolute Gasteiger partial charge is 0.289 e. The van der Waals surface area contributed by atoms with Gasteiger partial charge in [-0.2, -0.15) is 8.42 Å². The summed E-state index contributed by atoms with van der Waals surface area (Å²) in [5.41, 5.74) is 0.449. The molecule has 0 unspecified atom stereocenters. The van der Waals surface area contributed by atoms with Crippen LogP contribution in [0.2, 0.25) is 0 Å². The minimum Gasteiger partial charge on any atom is -0.289 e. The van der Waals surface area contributed by atoms with Gasteiger partial charge < -0.3 is 0 Å². The monoisotopic (exact) mass is 366 g/mol. The van der Waals surface area contributed by atoms with Gasteiger partial charge in [0.15, 0.2) is 11.6 Å². The molecule has 5 nitrogen and oxygen atoms in total. The highest BCUT2D eigenvalue weighted by molar-refractivity contribution is 7.86. The standard InChI is InChI=1S/C20H14O5S/c21-19(14-8-2-1-3-9-14)15-10-4-5-11-16(15)20(22)17-12-6-7-13-18(17)26(23,24)25/h1-13H,(H,23,24,25). The van der Waals surface area contributed by atoms with Crippen LogP contribution < -0.4 is 0 Å². The van der Waals surface area contributed by atoms with Gasteiger partial charge in [0, 0.05) is 22.3 Å². The molecule has 0 bridgehead atoms. The topological polar surface area (TPSA) is 88.5 Å². The van der Waals surface area contributed by atoms with E-state index in [4.69, 9.17) is 0 Å². The Balaban J connectivity index is 2.13. The molecule has 0 heterocycles. The van der Waals surface area contributed by atoms with Crippen molar-refractivity contribution in [2.75, 3.05) is 0 Å². The number of rotatable bonds is 5. The molecule has 1 N–H and O–H groups in total. The van der Waals surface area contributed by atoms with Gasteiger partial charge in [0.1, 0.15) is 4.90 Å². The Morgan fingerprint density at radius 3 is 1.65 bits per heavy atom. The lowest BCUT2D eigenvalue weighted by Gasteiger charge is -2.10. The van der Waals surface area contributed by atoms with E-state index in [-0.39, 0.29) is 22.5 Å². The first-order valence-corrected chi connectivity index (χ1v) is 9.13. The van der Waals surface area contributed by atoms with Gasteiger partial charge in [0.2, 0.25) is 0 Å². The van der Waals surface area contributed by atoms with Gasteiger partial charge >= 0.3 is 0 Å². The van der Waals surface area contributed by atoms with Gasteiger partial charge in [-0.25, -0.2) is 0 Å². The van der Waals surface area contributed by atoms with E-state index in [1.54, 1.807) is 42.5 Å². The number of carbonyl (C=O) groups is 2. The zero-order valence-corrected chi connectivity index (χ0v) is 14.3. The second kappa shape index (κ2) is 7.03. The van der Waals surface area contributed by atoms with E-state index in [1.807, 2.05) is 0 Å². The molecular weight excluding hydrogens is 352 g/mol. The number of hydrogen-bond acceptors (Lipinski definition) is 4. The summed E-state index contributed by atoms with van der Waals surface area (Å²) >= 11 is 0. The molecular formula is C20H14O5S. The van der Waals surface area contributed by atoms with E-state index < -0.39 is 20.8 Å². The maximum Gasteiger partial charge on any atom is 0.295 e. The van der Waals surface area contributed by atoms with Crippen molar-refractivity contribution in [3.8, 4) is 0 Å². The fourth-order valence-corrected chi connectivity index (χ4v) is 3.34. The van der Waals surface area contributed by atoms with Crippen LogP contribution in [-0.4, -0.2) is 24.5 Å². The molecule has 0 radical (unpaired) electrons. The van der Waals surface area contributed by atoms with E-state index in [0.717, 1.165) is 6.07 Å². The third kappa shape index (κ3) is 3.46. The van der Waals surface area contributed by atoms with Crippen molar-refractivity contribution in [3.63, 3.8) is 0 Å². The Morgan fingerprint density at radius 1 is 0.615 bits per heavy atom. The number of benzene rings is 3. The van der Waals surface area contributed by atoms with Crippen molar-refractivity contribution in [3.05, 3.63) is 101 Å². The zero-order valence-electron chi connectivity index (χ0n) is 13.5. The lowest BCUT2D eigenvalue weighted by Crippen LogP contribution is -2.14. The molecule has 0 amide bonds. The zero-order chi connectivity index (χ0) is 18.7. The van der Waals surface area contributed by atoms with Crippen LogP contribution in [0.25, 0.3) is 0 Å². The Bertz CT molecular complexity index is 1090. The first-order chi connectivity index (χ1) is 12.4. The molecule has 6 heteroatoms. The van der Waals surface area contributed by atoms with Crippen LogP contribution in [0, 0.1) is 0 Å². The molecule has 130 valence electrons. The van der Waals surface area contributed by atoms with Crippen LogP contribution >= 0.6 is 0 Å². The number of ketones is 2. The fourth-order valence-electron chi connectivity index (χ4n) is 2.65. The van der Waals surface area contributed by atoms with Crippen molar-refractivity contribution < 1.29 is 22.6 Å². The summed E-state index contributed by atoms with van der Waals surface area (Å²) in [6, 6.07) is 20.0. The Labute approximate surface area is 150 Å². The van der Waals surface area contributed by atoms with Crippen molar-refractivity contribution >= 4 is 21.7 Å². The summed E-state index contributed by atoms with van der Waals surface area (Å²) in [5.74, 6) is -1.00. The molecule has 3 aromatic carbocycles. The molecule has 26 heavy (non-hydrogen) atoms. The lowest BCUT2D eigenvalue weighted by atomic mass is 9.93. The molecule has 0 atom stereocenters. The highest BCUT2D eigenvalue weighted by Gasteiger charge is 2.24. The average Bonchev–Trinajstić information content (AvgIpc) is 2.67. The Hall–Kier alpha value is -3.09. The lowest BCUT2D eigenvalue weighted by molar-refractivity contribution is 0.100. The van der Waals surface area contributed by atoms with Crippen LogP contribution in [0.4, 0.5) is 0 Å². The number of hydrogen-bond donors (Lipinski definition) is 1. The third-order valence-corrected chi connectivity index (χ3v) is 4.77. The maximum absolute atomic E-state index is 12.9. The predicted molar refractivity (Wildman–Crippen MR) is 96.0 cm³/mol. The van der Waals surface area contributed by atoms with E-state index in [1.165, 1.54) is 30.3 Å². The van der Waals surface area contributed by atoms with Crippen molar-refractivity contribution in [1.29, 1.82) is 0 Å². The first-order valence-electron chi connectivity index (χ1n) is 7.69. The second-order valence-corrected chi connectivity index (χ2v) is 6.93. The first kappa shape index (κ1) is 17.7. The average molecular weight is 366 g/mol. The summed E-state index contributed by atoms with van der Waals surface area (Å²) in [5, 5.41) is 0. The molecule has 0 spiro atoms. The van der Waals surface area contributed by atoms with Crippen LogP contribution in [0.5, 0.6) is 0 Å². The van der Waals surface area contributed by atoms with E-state index >= 15 is 0 Å². The van der Waals surface area contributed by atoms with E-state index in [0.29, 0.717) is 5.56 Å². The summed E-state index contributed by atoms with van der Waals surface area (Å²) < 4.78 is 32.5. The van der Waals surface area contributed by atoms with Gasteiger partial charge in [-0.05, 0) is 12.1 Å². The highest BCUT2D eigenvalue weighted by atomic mass is 32.2. The quantitative estimate of drug-likeness (QED) is 0.552. The largest absolute Gasteiger partial charge is 0.295 e. The van der Waals surface area contributed by atoms with Gasteiger partial charge in [-0.3, -0.25) is 14.1 Å². The van der Waals surface area contributed by atoms with Gasteiger partial charge in [-0.1, -0.05) is 66.7 Å². The van der Waals surface area contributed by atoms with Crippen LogP contribution in [0.1, 0.15) is 31.8 Å². The minimum absolute atomic E-state index is 0.0671. The molecule has 0 fully saturated rings. The number of carbonyl (C=O) groups excluding carboxylic acids is 2. The summed E-state index contributed by atoms with van der Waals surface area (Å²) in [6.07, 6.45) is 0. The Kier molecular flexibility index (Phi) is 4.79. The highest BCUT2D eigenvalue weighted by Crippen LogP contribution is 2.22. The summed E-state index contributed by atoms with van der Waals surface area (Å²) in [4.78, 5) is 25.2. The third-order valence-electron chi connectivity index (χ3n) is 3.86. The molecule has 0 aliphatic rings. The van der Waals surface area contributed by atoms with E-state index in [2.05, 4.69) is 0 Å². The van der Waals surface area contributed by atoms with Gasteiger partial charge in [0.05, 0.1) is 0 Å². The van der Waals surface area contributed by atoms with Crippen LogP contribution in [0.3, 0.4) is 0 Å². The molecule has 0 aromatic heterocycles. The summed E-state index contributed by atoms with van der Waals surface area (Å²) in [7, 11) is -4.58.